The highest BCUT2D eigenvalue weighted by Crippen LogP contribution is 2.39. The van der Waals surface area contributed by atoms with Gasteiger partial charge in [0.25, 0.3) is 0 Å². The van der Waals surface area contributed by atoms with Gasteiger partial charge in [-0.25, -0.2) is 9.79 Å². The molecule has 1 aliphatic rings. The zero-order valence-electron chi connectivity index (χ0n) is 10.1. The van der Waals surface area contributed by atoms with Crippen molar-refractivity contribution < 1.29 is 14.6 Å². The number of methoxy groups -OCH3 is 1. The number of nitrogens with one attached hydrogen (secondary N) is 1. The number of thioether (sulfide) groups is 1. The molecule has 2 atom stereocenters. The third kappa shape index (κ3) is 2.34. The quantitative estimate of drug-likeness (QED) is 0.854. The van der Waals surface area contributed by atoms with Crippen LogP contribution in [0.1, 0.15) is 12.5 Å². The highest BCUT2D eigenvalue weighted by molar-refractivity contribution is 8.14. The number of amides is 1. The molecule has 2 rings (SSSR count). The van der Waals surface area contributed by atoms with Gasteiger partial charge in [-0.15, -0.1) is 0 Å². The van der Waals surface area contributed by atoms with Crippen LogP contribution in [0.5, 0.6) is 0 Å². The Kier molecular flexibility index (Phi) is 3.58. The number of hydrogen-bond donors (Lipinski definition) is 2. The molecule has 0 radical (unpaired) electrons. The third-order valence-electron chi connectivity index (χ3n) is 2.61. The number of aliphatic hydroxyl groups is 1. The van der Waals surface area contributed by atoms with Gasteiger partial charge in [0.1, 0.15) is 5.37 Å². The molecule has 6 heteroatoms. The molecular weight excluding hydrogens is 252 g/mol. The number of aliphatic imine (C=N–C) groups is 1. The second kappa shape index (κ2) is 4.99. The number of carbonyl (C=O) groups is 1. The maximum Gasteiger partial charge on any atom is 0.407 e. The summed E-state index contributed by atoms with van der Waals surface area (Å²) in [6, 6.07) is 9.03. The smallest absolute Gasteiger partial charge is 0.407 e. The van der Waals surface area contributed by atoms with Gasteiger partial charge in [-0.1, -0.05) is 42.1 Å². The topological polar surface area (TPSA) is 70.9 Å². The average molecular weight is 266 g/mol. The van der Waals surface area contributed by atoms with Crippen molar-refractivity contribution in [2.75, 3.05) is 7.11 Å². The Morgan fingerprint density at radius 2 is 2.17 bits per heavy atom. The van der Waals surface area contributed by atoms with E-state index >= 15 is 0 Å². The van der Waals surface area contributed by atoms with Crippen molar-refractivity contribution in [3.63, 3.8) is 0 Å². The summed E-state index contributed by atoms with van der Waals surface area (Å²) in [5.41, 5.74) is -0.819. The lowest BCUT2D eigenvalue weighted by Gasteiger charge is -2.27. The molecule has 0 spiro atoms. The van der Waals surface area contributed by atoms with Crippen LogP contribution >= 0.6 is 11.8 Å². The van der Waals surface area contributed by atoms with Crippen LogP contribution in [0.4, 0.5) is 4.79 Å². The Morgan fingerprint density at radius 3 is 2.78 bits per heavy atom. The molecular formula is C12H14N2O3S. The van der Waals surface area contributed by atoms with Crippen molar-refractivity contribution in [1.29, 1.82) is 0 Å². The highest BCUT2D eigenvalue weighted by atomic mass is 32.2. The molecule has 96 valence electrons. The first-order valence-electron chi connectivity index (χ1n) is 5.42. The van der Waals surface area contributed by atoms with E-state index in [1.54, 1.807) is 19.1 Å². The normalized spacial score (nSPS) is 26.6. The van der Waals surface area contributed by atoms with E-state index in [1.165, 1.54) is 18.9 Å². The summed E-state index contributed by atoms with van der Waals surface area (Å²) < 4.78 is 4.55. The number of nitrogens with zero attached hydrogens (tertiary/aromatic N) is 1. The van der Waals surface area contributed by atoms with E-state index in [-0.39, 0.29) is 0 Å². The molecule has 5 nitrogen and oxygen atoms in total. The molecule has 0 saturated heterocycles. The summed E-state index contributed by atoms with van der Waals surface area (Å²) in [5, 5.41) is 13.4. The maximum absolute atomic E-state index is 11.3. The molecule has 1 aliphatic heterocycles. The Balaban J connectivity index is 2.30. The van der Waals surface area contributed by atoms with Crippen LogP contribution in [-0.2, 0) is 10.5 Å². The molecule has 2 N–H and O–H groups in total. The van der Waals surface area contributed by atoms with Gasteiger partial charge in [-0.2, -0.15) is 0 Å². The average Bonchev–Trinajstić information content (AvgIpc) is 2.66. The first kappa shape index (κ1) is 12.9. The predicted octanol–water partition coefficient (Wildman–Crippen LogP) is 1.68. The van der Waals surface area contributed by atoms with Crippen molar-refractivity contribution in [2.45, 2.75) is 18.0 Å². The van der Waals surface area contributed by atoms with Crippen LogP contribution in [0.3, 0.4) is 0 Å². The molecule has 1 amide bonds. The number of ether oxygens (including phenoxy) is 1. The molecule has 2 unspecified atom stereocenters. The Labute approximate surface area is 109 Å². The minimum Gasteiger partial charge on any atom is -0.453 e. The minimum atomic E-state index is -1.45. The van der Waals surface area contributed by atoms with Crippen molar-refractivity contribution in [1.82, 2.24) is 5.32 Å². The van der Waals surface area contributed by atoms with Gasteiger partial charge in [0.15, 0.2) is 0 Å². The van der Waals surface area contributed by atoms with E-state index in [4.69, 9.17) is 0 Å². The minimum absolute atomic E-state index is 0.590. The Morgan fingerprint density at radius 1 is 1.50 bits per heavy atom. The van der Waals surface area contributed by atoms with E-state index in [1.807, 2.05) is 18.2 Å². The second-order valence-corrected chi connectivity index (χ2v) is 5.15. The van der Waals surface area contributed by atoms with Gasteiger partial charge in [0.05, 0.1) is 12.2 Å². The van der Waals surface area contributed by atoms with Crippen molar-refractivity contribution >= 4 is 22.9 Å². The van der Waals surface area contributed by atoms with Crippen molar-refractivity contribution in [3.05, 3.63) is 35.9 Å². The molecule has 18 heavy (non-hydrogen) atoms. The van der Waals surface area contributed by atoms with E-state index in [9.17, 15) is 9.90 Å². The SMILES string of the molecule is COC(=O)NC1SC(C)=NC1(O)c1ccccc1. The lowest BCUT2D eigenvalue weighted by atomic mass is 10.0. The van der Waals surface area contributed by atoms with Gasteiger partial charge >= 0.3 is 6.09 Å². The first-order valence-corrected chi connectivity index (χ1v) is 6.29. The fourth-order valence-electron chi connectivity index (χ4n) is 1.77. The number of rotatable bonds is 2. The van der Waals surface area contributed by atoms with Crippen LogP contribution < -0.4 is 5.32 Å². The van der Waals surface area contributed by atoms with Crippen molar-refractivity contribution in [3.8, 4) is 0 Å². The van der Waals surface area contributed by atoms with E-state index in [0.717, 1.165) is 0 Å². The zero-order chi connectivity index (χ0) is 13.2. The Hall–Kier alpha value is -1.53. The van der Waals surface area contributed by atoms with Gasteiger partial charge in [0, 0.05) is 5.56 Å². The summed E-state index contributed by atoms with van der Waals surface area (Å²) >= 11 is 1.30. The van der Waals surface area contributed by atoms with Crippen LogP contribution in [0.2, 0.25) is 0 Å². The number of benzene rings is 1. The Bertz CT molecular complexity index is 477. The number of carbonyl (C=O) groups excluding carboxylic acids is 1. The van der Waals surface area contributed by atoms with Gasteiger partial charge in [0.2, 0.25) is 5.72 Å². The van der Waals surface area contributed by atoms with Gasteiger partial charge < -0.3 is 15.2 Å². The maximum atomic E-state index is 11.3. The fraction of sp³-hybridized carbons (Fsp3) is 0.333. The molecule has 0 saturated carbocycles. The molecule has 1 aromatic carbocycles. The predicted molar refractivity (Wildman–Crippen MR) is 70.4 cm³/mol. The molecule has 0 aromatic heterocycles. The largest absolute Gasteiger partial charge is 0.453 e. The number of hydrogen-bond acceptors (Lipinski definition) is 5. The van der Waals surface area contributed by atoms with Crippen LogP contribution in [0.25, 0.3) is 0 Å². The second-order valence-electron chi connectivity index (χ2n) is 3.86. The van der Waals surface area contributed by atoms with E-state index < -0.39 is 17.2 Å². The summed E-state index contributed by atoms with van der Waals surface area (Å²) in [5.74, 6) is 0. The van der Waals surface area contributed by atoms with Crippen molar-refractivity contribution in [2.24, 2.45) is 4.99 Å². The molecule has 1 heterocycles. The summed E-state index contributed by atoms with van der Waals surface area (Å²) in [7, 11) is 1.28. The van der Waals surface area contributed by atoms with Crippen LogP contribution in [-0.4, -0.2) is 28.7 Å². The molecule has 0 aliphatic carbocycles. The van der Waals surface area contributed by atoms with Crippen LogP contribution in [0.15, 0.2) is 35.3 Å². The monoisotopic (exact) mass is 266 g/mol. The van der Waals surface area contributed by atoms with Gasteiger partial charge in [-0.3, -0.25) is 0 Å². The summed E-state index contributed by atoms with van der Waals surface area (Å²) in [4.78, 5) is 15.5. The van der Waals surface area contributed by atoms with Crippen LogP contribution in [0, 0.1) is 0 Å². The van der Waals surface area contributed by atoms with Gasteiger partial charge in [-0.05, 0) is 6.92 Å². The summed E-state index contributed by atoms with van der Waals surface area (Å²) in [6.45, 7) is 1.79. The fourth-order valence-corrected chi connectivity index (χ4v) is 2.81. The third-order valence-corrected chi connectivity index (χ3v) is 3.73. The molecule has 0 bridgehead atoms. The standard InChI is InChI=1S/C12H14N2O3S/c1-8-14-12(16,9-6-4-3-5-7-9)10(18-8)13-11(15)17-2/h3-7,10,16H,1-2H3,(H,13,15). The lowest BCUT2D eigenvalue weighted by Crippen LogP contribution is -2.45. The highest BCUT2D eigenvalue weighted by Gasteiger charge is 2.45. The molecule has 1 aromatic rings. The van der Waals surface area contributed by atoms with E-state index in [0.29, 0.717) is 10.6 Å². The lowest BCUT2D eigenvalue weighted by molar-refractivity contribution is 0.0372. The zero-order valence-corrected chi connectivity index (χ0v) is 10.9. The summed E-state index contributed by atoms with van der Waals surface area (Å²) in [6.07, 6.45) is -0.591. The first-order chi connectivity index (χ1) is 8.56. The number of alkyl carbamates (subject to hydrolysis) is 1. The molecule has 0 fully saturated rings. The van der Waals surface area contributed by atoms with E-state index in [2.05, 4.69) is 15.0 Å².